The summed E-state index contributed by atoms with van der Waals surface area (Å²) in [4.78, 5) is 2.71. The third-order valence-electron chi connectivity index (χ3n) is 6.47. The third kappa shape index (κ3) is 27.3. The number of nitrogens with one attached hydrogen (secondary N) is 1. The van der Waals surface area contributed by atoms with Gasteiger partial charge in [0.2, 0.25) is 0 Å². The molecule has 8 N–H and O–H groups in total. The van der Waals surface area contributed by atoms with Gasteiger partial charge in [-0.2, -0.15) is 0 Å². The molecule has 1 aliphatic heterocycles. The molecule has 0 fully saturated rings. The van der Waals surface area contributed by atoms with Crippen molar-refractivity contribution in [1.82, 2.24) is 16.4 Å². The van der Waals surface area contributed by atoms with Crippen molar-refractivity contribution in [3.63, 3.8) is 0 Å². The highest BCUT2D eigenvalue weighted by Crippen LogP contribution is 2.34. The maximum absolute atomic E-state index is 5.80. The van der Waals surface area contributed by atoms with Crippen LogP contribution in [0, 0.1) is 5.92 Å². The minimum absolute atomic E-state index is 0. The van der Waals surface area contributed by atoms with Gasteiger partial charge in [-0.1, -0.05) is 52.3 Å². The van der Waals surface area contributed by atoms with Crippen molar-refractivity contribution in [2.45, 2.75) is 132 Å². The largest absolute Gasteiger partial charge is 0.412 e. The van der Waals surface area contributed by atoms with Crippen LogP contribution in [-0.4, -0.2) is 55.1 Å². The topological polar surface area (TPSA) is 132 Å². The molecule has 0 saturated carbocycles. The molecule has 0 aromatic rings. The molecule has 1 unspecified atom stereocenters. The van der Waals surface area contributed by atoms with Gasteiger partial charge in [0.05, 0.1) is 19.6 Å². The van der Waals surface area contributed by atoms with Gasteiger partial charge in [-0.3, -0.25) is 5.32 Å². The molecule has 0 aromatic heterocycles. The summed E-state index contributed by atoms with van der Waals surface area (Å²) in [5.74, 6) is 0.737. The van der Waals surface area contributed by atoms with E-state index in [1.165, 1.54) is 90.1 Å². The normalized spacial score (nSPS) is 16.3. The summed E-state index contributed by atoms with van der Waals surface area (Å²) in [5, 5.41) is 3.14. The van der Waals surface area contributed by atoms with Crippen LogP contribution in [0.5, 0.6) is 0 Å². The van der Waals surface area contributed by atoms with E-state index in [0.717, 1.165) is 18.9 Å². The predicted molar refractivity (Wildman–Crippen MR) is 181 cm³/mol. The van der Waals surface area contributed by atoms with E-state index in [4.69, 9.17) is 9.47 Å². The van der Waals surface area contributed by atoms with E-state index in [1.807, 2.05) is 6.92 Å². The van der Waals surface area contributed by atoms with Crippen LogP contribution in [0.4, 0.5) is 0 Å². The molecule has 246 valence electrons. The SMILES string of the molecule is C.C1=CCCCC1.C=C.CCC.CCOCNCO[C@H](C)CCC(C)CN1CCCC2=C1CCCC2.Cl.N.O.O. The van der Waals surface area contributed by atoms with Crippen molar-refractivity contribution in [2.24, 2.45) is 5.92 Å². The number of nitrogens with zero attached hydrogens (tertiary/aromatic N) is 1. The zero-order valence-corrected chi connectivity index (χ0v) is 27.1. The highest BCUT2D eigenvalue weighted by atomic mass is 35.5. The van der Waals surface area contributed by atoms with Gasteiger partial charge in [-0.25, -0.2) is 0 Å². The zero-order chi connectivity index (χ0) is 26.2. The van der Waals surface area contributed by atoms with Crippen LogP contribution in [0.25, 0.3) is 0 Å². The minimum atomic E-state index is 0. The standard InChI is InChI=1S/C20H38N2O2.C6H10.C3H8.C2H4.CH4.ClH.H3N.2H2O/c1-4-23-15-21-16-24-18(3)12-11-17(2)14-22-13-7-9-19-8-5-6-10-20(19)22;1-2-4-6-5-3-1;1-3-2;1-2;;;;;/h17-18,21H,4-16H2,1-3H3;1-2H,3-6H2;3H2,1-2H3;1-2H2;1H4;1H;1H3;2*1H2/t17?,18-;;;;;;;;/m1......../s1. The molecule has 40 heavy (non-hydrogen) atoms. The zero-order valence-electron chi connectivity index (χ0n) is 26.3. The second kappa shape index (κ2) is 38.1. The Bertz CT molecular complexity index is 538. The van der Waals surface area contributed by atoms with Gasteiger partial charge in [0.15, 0.2) is 0 Å². The molecule has 0 saturated heterocycles. The van der Waals surface area contributed by atoms with Crippen molar-refractivity contribution >= 4 is 12.4 Å². The third-order valence-corrected chi connectivity index (χ3v) is 6.47. The summed E-state index contributed by atoms with van der Waals surface area (Å²) < 4.78 is 11.0. The van der Waals surface area contributed by atoms with E-state index in [0.29, 0.717) is 19.6 Å². The van der Waals surface area contributed by atoms with E-state index < -0.39 is 0 Å². The second-order valence-corrected chi connectivity index (χ2v) is 9.96. The van der Waals surface area contributed by atoms with E-state index in [9.17, 15) is 0 Å². The van der Waals surface area contributed by atoms with Crippen LogP contribution in [0.1, 0.15) is 126 Å². The van der Waals surface area contributed by atoms with Crippen LogP contribution in [0.3, 0.4) is 0 Å². The molecule has 1 heterocycles. The molecule has 2 atom stereocenters. The second-order valence-electron chi connectivity index (χ2n) is 9.96. The molecular weight excluding hydrogens is 526 g/mol. The molecule has 3 aliphatic rings. The van der Waals surface area contributed by atoms with Crippen molar-refractivity contribution in [3.05, 3.63) is 36.6 Å². The van der Waals surface area contributed by atoms with Crippen molar-refractivity contribution in [1.29, 1.82) is 0 Å². The van der Waals surface area contributed by atoms with Gasteiger partial charge in [0.25, 0.3) is 0 Å². The summed E-state index contributed by atoms with van der Waals surface area (Å²) in [6.45, 7) is 21.2. The summed E-state index contributed by atoms with van der Waals surface area (Å²) >= 11 is 0. The number of halogens is 1. The molecule has 0 bridgehead atoms. The van der Waals surface area contributed by atoms with Crippen molar-refractivity contribution in [3.8, 4) is 0 Å². The van der Waals surface area contributed by atoms with Gasteiger partial charge in [0.1, 0.15) is 0 Å². The Kier molecular flexibility index (Phi) is 49.3. The fourth-order valence-electron chi connectivity index (χ4n) is 4.67. The van der Waals surface area contributed by atoms with Crippen molar-refractivity contribution < 1.29 is 20.4 Å². The van der Waals surface area contributed by atoms with E-state index in [-0.39, 0.29) is 36.9 Å². The fourth-order valence-corrected chi connectivity index (χ4v) is 4.67. The summed E-state index contributed by atoms with van der Waals surface area (Å²) in [5.41, 5.74) is 3.49. The van der Waals surface area contributed by atoms with Crippen LogP contribution >= 0.6 is 12.4 Å². The van der Waals surface area contributed by atoms with Crippen LogP contribution in [0.2, 0.25) is 0 Å². The molecular formula is C32H72ClN3O4. The van der Waals surface area contributed by atoms with Gasteiger partial charge < -0.3 is 31.5 Å². The van der Waals surface area contributed by atoms with Crippen LogP contribution in [-0.2, 0) is 9.47 Å². The molecule has 2 aliphatic carbocycles. The first kappa shape index (κ1) is 51.8. The molecule has 0 aromatic carbocycles. The Hall–Kier alpha value is -0.930. The first-order valence-electron chi connectivity index (χ1n) is 14.6. The average Bonchev–Trinajstić information content (AvgIpc) is 2.91. The van der Waals surface area contributed by atoms with E-state index in [1.54, 1.807) is 11.3 Å². The minimum Gasteiger partial charge on any atom is -0.412 e. The predicted octanol–water partition coefficient (Wildman–Crippen LogP) is 8.18. The Morgan fingerprint density at radius 1 is 0.875 bits per heavy atom. The Labute approximate surface area is 256 Å². The van der Waals surface area contributed by atoms with Gasteiger partial charge in [0, 0.05) is 25.4 Å². The first-order valence-corrected chi connectivity index (χ1v) is 14.6. The molecule has 0 spiro atoms. The molecule has 8 heteroatoms. The highest BCUT2D eigenvalue weighted by molar-refractivity contribution is 5.85. The Morgan fingerprint density at radius 2 is 1.43 bits per heavy atom. The van der Waals surface area contributed by atoms with Crippen molar-refractivity contribution in [2.75, 3.05) is 33.2 Å². The average molecular weight is 598 g/mol. The Balaban J connectivity index is -0.000000155. The lowest BCUT2D eigenvalue weighted by Crippen LogP contribution is -2.34. The molecule has 0 amide bonds. The van der Waals surface area contributed by atoms with E-state index in [2.05, 4.69) is 63.2 Å². The van der Waals surface area contributed by atoms with Gasteiger partial charge in [-0.15, -0.1) is 25.6 Å². The number of hydrogen-bond donors (Lipinski definition) is 2. The molecule has 3 rings (SSSR count). The maximum Gasteiger partial charge on any atom is 0.0986 e. The van der Waals surface area contributed by atoms with Crippen LogP contribution in [0.15, 0.2) is 36.6 Å². The number of ether oxygens (including phenoxy) is 2. The number of allylic oxidation sites excluding steroid dienone is 4. The lowest BCUT2D eigenvalue weighted by Gasteiger charge is -2.38. The number of rotatable bonds is 11. The van der Waals surface area contributed by atoms with Gasteiger partial charge >= 0.3 is 0 Å². The first-order chi connectivity index (χ1) is 17.1. The molecule has 0 radical (unpaired) electrons. The molecule has 7 nitrogen and oxygen atoms in total. The van der Waals surface area contributed by atoms with Crippen LogP contribution < -0.4 is 11.5 Å². The lowest BCUT2D eigenvalue weighted by atomic mass is 9.88. The smallest absolute Gasteiger partial charge is 0.0986 e. The monoisotopic (exact) mass is 598 g/mol. The summed E-state index contributed by atoms with van der Waals surface area (Å²) in [6, 6.07) is 0. The summed E-state index contributed by atoms with van der Waals surface area (Å²) in [7, 11) is 0. The highest BCUT2D eigenvalue weighted by Gasteiger charge is 2.23. The fraction of sp³-hybridized carbons (Fsp3) is 0.812. The summed E-state index contributed by atoms with van der Waals surface area (Å²) in [6.07, 6.45) is 22.1. The lowest BCUT2D eigenvalue weighted by molar-refractivity contribution is 0.0190. The maximum atomic E-state index is 5.80. The number of hydrogen-bond acceptors (Lipinski definition) is 5. The van der Waals surface area contributed by atoms with E-state index >= 15 is 0 Å². The Morgan fingerprint density at radius 3 is 1.95 bits per heavy atom. The quantitative estimate of drug-likeness (QED) is 0.141. The van der Waals surface area contributed by atoms with Gasteiger partial charge in [-0.05, 0) is 96.8 Å².